The summed E-state index contributed by atoms with van der Waals surface area (Å²) in [5.74, 6) is -15.3. The molecule has 33 heavy (non-hydrogen) atoms. The molecule has 0 spiro atoms. The van der Waals surface area contributed by atoms with Crippen LogP contribution in [0.3, 0.4) is 0 Å². The molecule has 0 rings (SSSR count). The summed E-state index contributed by atoms with van der Waals surface area (Å²) < 4.78 is 29.3. The van der Waals surface area contributed by atoms with Gasteiger partial charge in [-0.2, -0.15) is 0 Å². The minimum absolute atomic E-state index is 0.517. The van der Waals surface area contributed by atoms with Gasteiger partial charge in [0, 0.05) is 36.5 Å². The summed E-state index contributed by atoms with van der Waals surface area (Å²) in [6.45, 7) is 17.4. The van der Waals surface area contributed by atoms with E-state index in [0.717, 1.165) is 0 Å². The molecule has 0 aliphatic heterocycles. The highest BCUT2D eigenvalue weighted by Crippen LogP contribution is 2.37. The lowest BCUT2D eigenvalue weighted by atomic mass is 10.2. The van der Waals surface area contributed by atoms with Crippen LogP contribution >= 0.6 is 0 Å². The highest BCUT2D eigenvalue weighted by Gasteiger charge is 2.70. The monoisotopic (exact) mass is 464 g/mol. The van der Waals surface area contributed by atoms with Gasteiger partial charge in [0.25, 0.3) is 0 Å². The van der Waals surface area contributed by atoms with Crippen molar-refractivity contribution in [3.63, 3.8) is 0 Å². The van der Waals surface area contributed by atoms with Crippen molar-refractivity contribution in [3.8, 4) is 0 Å². The third-order valence-electron chi connectivity index (χ3n) is 3.11. The second kappa shape index (κ2) is 12.8. The number of ether oxygens (including phenoxy) is 6. The zero-order valence-electron chi connectivity index (χ0n) is 17.3. The van der Waals surface area contributed by atoms with Crippen molar-refractivity contribution in [3.05, 3.63) is 75.9 Å². The maximum absolute atomic E-state index is 12.1. The predicted octanol–water partition coefficient (Wildman–Crippen LogP) is 0.712. The largest absolute Gasteiger partial charge is 0.511 e. The Kier molecular flexibility index (Phi) is 11.0. The van der Waals surface area contributed by atoms with Crippen LogP contribution in [0, 0.1) is 0 Å². The normalized spacial score (nSPS) is 10.2. The van der Waals surface area contributed by atoms with Crippen molar-refractivity contribution >= 4 is 35.8 Å². The van der Waals surface area contributed by atoms with E-state index in [1.165, 1.54) is 0 Å². The van der Waals surface area contributed by atoms with Crippen molar-refractivity contribution < 1.29 is 57.2 Å². The van der Waals surface area contributed by atoms with Gasteiger partial charge in [0.1, 0.15) is 0 Å². The molecule has 0 unspecified atom stereocenters. The number of hydrogen-bond donors (Lipinski definition) is 0. The summed E-state index contributed by atoms with van der Waals surface area (Å²) in [4.78, 5) is 72.2. The third kappa shape index (κ3) is 7.79. The highest BCUT2D eigenvalue weighted by molar-refractivity contribution is 5.87. The molecule has 0 saturated heterocycles. The van der Waals surface area contributed by atoms with Crippen LogP contribution in [0.5, 0.6) is 0 Å². The maximum Gasteiger partial charge on any atom is 0.511 e. The van der Waals surface area contributed by atoms with E-state index in [2.05, 4.69) is 39.5 Å². The Labute approximate surface area is 188 Å². The zero-order chi connectivity index (χ0) is 25.7. The van der Waals surface area contributed by atoms with Gasteiger partial charge >= 0.3 is 47.6 Å². The van der Waals surface area contributed by atoms with Crippen molar-refractivity contribution in [1.82, 2.24) is 0 Å². The first kappa shape index (κ1) is 28.3. The lowest BCUT2D eigenvalue weighted by Crippen LogP contribution is -2.67. The van der Waals surface area contributed by atoms with E-state index in [0.29, 0.717) is 36.5 Å². The van der Waals surface area contributed by atoms with Crippen LogP contribution in [0.1, 0.15) is 0 Å². The van der Waals surface area contributed by atoms with E-state index in [1.54, 1.807) is 0 Å². The summed E-state index contributed by atoms with van der Waals surface area (Å²) in [5.41, 5.74) is 0. The van der Waals surface area contributed by atoms with Crippen LogP contribution < -0.4 is 0 Å². The molecular formula is C21H20O12. The van der Waals surface area contributed by atoms with Gasteiger partial charge in [-0.3, -0.25) is 0 Å². The Hall–Kier alpha value is -4.74. The SMILES string of the molecule is C=CC(=O)OCC(OC(=O)C=C)(OC(=O)C=C)C(OC(=O)C=C)(OC(=O)C=C)OC(=O)C=C. The molecule has 0 bridgehead atoms. The zero-order valence-corrected chi connectivity index (χ0v) is 17.3. The van der Waals surface area contributed by atoms with Crippen LogP contribution in [0.25, 0.3) is 0 Å². The summed E-state index contributed by atoms with van der Waals surface area (Å²) in [7, 11) is 0. The fourth-order valence-electron chi connectivity index (χ4n) is 1.74. The lowest BCUT2D eigenvalue weighted by molar-refractivity contribution is -0.442. The Balaban J connectivity index is 7.38. The molecule has 0 aromatic rings. The summed E-state index contributed by atoms with van der Waals surface area (Å²) >= 11 is 0. The predicted molar refractivity (Wildman–Crippen MR) is 108 cm³/mol. The van der Waals surface area contributed by atoms with Crippen LogP contribution in [-0.4, -0.2) is 54.2 Å². The smallest absolute Gasteiger partial charge is 0.454 e. The summed E-state index contributed by atoms with van der Waals surface area (Å²) in [6, 6.07) is 0. The van der Waals surface area contributed by atoms with Crippen LogP contribution in [0.2, 0.25) is 0 Å². The first-order valence-corrected chi connectivity index (χ1v) is 8.54. The Bertz CT molecular complexity index is 818. The number of hydrogen-bond acceptors (Lipinski definition) is 12. The molecule has 0 aromatic carbocycles. The average molecular weight is 464 g/mol. The van der Waals surface area contributed by atoms with Gasteiger partial charge in [0.2, 0.25) is 0 Å². The molecule has 0 radical (unpaired) electrons. The Morgan fingerprint density at radius 1 is 0.485 bits per heavy atom. The Morgan fingerprint density at radius 2 is 0.758 bits per heavy atom. The number of carbonyl (C=O) groups is 6. The molecule has 0 saturated carbocycles. The van der Waals surface area contributed by atoms with E-state index in [1.807, 2.05) is 0 Å². The first-order chi connectivity index (χ1) is 15.5. The van der Waals surface area contributed by atoms with E-state index in [-0.39, 0.29) is 0 Å². The molecule has 0 amide bonds. The topological polar surface area (TPSA) is 158 Å². The van der Waals surface area contributed by atoms with Gasteiger partial charge in [0.15, 0.2) is 6.61 Å². The molecular weight excluding hydrogens is 444 g/mol. The standard InChI is InChI=1S/C21H20O12/c1-7-14(22)28-13-20(29-15(23)8-2,30-16(24)9-3)21(31-17(25)10-4,32-18(26)11-5)33-19(27)12-6/h7-12H,1-6,13H2. The number of carbonyl (C=O) groups excluding carboxylic acids is 6. The van der Waals surface area contributed by atoms with Gasteiger partial charge in [-0.05, 0) is 0 Å². The summed E-state index contributed by atoms with van der Waals surface area (Å²) in [5, 5.41) is 0. The van der Waals surface area contributed by atoms with Gasteiger partial charge in [0.05, 0.1) is 0 Å². The fourth-order valence-corrected chi connectivity index (χ4v) is 1.74. The quantitative estimate of drug-likeness (QED) is 0.154. The van der Waals surface area contributed by atoms with Gasteiger partial charge in [-0.15, -0.1) is 0 Å². The molecule has 0 aliphatic rings. The van der Waals surface area contributed by atoms with Crippen molar-refractivity contribution in [2.24, 2.45) is 0 Å². The minimum Gasteiger partial charge on any atom is -0.454 e. The molecule has 0 heterocycles. The minimum atomic E-state index is -3.58. The molecule has 0 aromatic heterocycles. The molecule has 176 valence electrons. The van der Waals surface area contributed by atoms with E-state index >= 15 is 0 Å². The van der Waals surface area contributed by atoms with Crippen molar-refractivity contribution in [2.45, 2.75) is 11.8 Å². The molecule has 12 heteroatoms. The first-order valence-electron chi connectivity index (χ1n) is 8.54. The van der Waals surface area contributed by atoms with Gasteiger partial charge < -0.3 is 28.4 Å². The fraction of sp³-hybridized carbons (Fsp3) is 0.143. The molecule has 12 nitrogen and oxygen atoms in total. The molecule has 0 N–H and O–H groups in total. The third-order valence-corrected chi connectivity index (χ3v) is 3.11. The molecule has 0 aliphatic carbocycles. The average Bonchev–Trinajstić information content (AvgIpc) is 2.81. The van der Waals surface area contributed by atoms with Crippen LogP contribution in [0.4, 0.5) is 0 Å². The van der Waals surface area contributed by atoms with Gasteiger partial charge in [-0.1, -0.05) is 39.5 Å². The molecule has 0 atom stereocenters. The van der Waals surface area contributed by atoms with E-state index < -0.39 is 54.2 Å². The van der Waals surface area contributed by atoms with Crippen LogP contribution in [0.15, 0.2) is 75.9 Å². The second-order valence-electron chi connectivity index (χ2n) is 5.25. The number of rotatable bonds is 14. The maximum atomic E-state index is 12.1. The van der Waals surface area contributed by atoms with E-state index in [4.69, 9.17) is 28.4 Å². The van der Waals surface area contributed by atoms with Crippen molar-refractivity contribution in [1.29, 1.82) is 0 Å². The van der Waals surface area contributed by atoms with E-state index in [9.17, 15) is 28.8 Å². The van der Waals surface area contributed by atoms with Crippen LogP contribution in [-0.2, 0) is 57.2 Å². The van der Waals surface area contributed by atoms with Gasteiger partial charge in [-0.25, -0.2) is 28.8 Å². The Morgan fingerprint density at radius 3 is 1.03 bits per heavy atom. The summed E-state index contributed by atoms with van der Waals surface area (Å²) in [6.07, 6.45) is 3.28. The number of esters is 6. The van der Waals surface area contributed by atoms with Crippen molar-refractivity contribution in [2.75, 3.05) is 6.61 Å². The molecule has 0 fully saturated rings. The second-order valence-corrected chi connectivity index (χ2v) is 5.25. The highest BCUT2D eigenvalue weighted by atomic mass is 16.9. The lowest BCUT2D eigenvalue weighted by Gasteiger charge is -2.42.